The van der Waals surface area contributed by atoms with Crippen molar-refractivity contribution >= 4 is 5.69 Å². The Labute approximate surface area is 149 Å². The largest absolute Gasteiger partial charge is 0.371 e. The average molecular weight is 341 g/mol. The van der Waals surface area contributed by atoms with Crippen LogP contribution in [0.2, 0.25) is 0 Å². The van der Waals surface area contributed by atoms with Crippen LogP contribution in [0.4, 0.5) is 5.69 Å². The van der Waals surface area contributed by atoms with E-state index in [1.165, 1.54) is 5.69 Å². The Morgan fingerprint density at radius 2 is 1.92 bits per heavy atom. The summed E-state index contributed by atoms with van der Waals surface area (Å²) in [6, 6.07) is 5.10. The van der Waals surface area contributed by atoms with E-state index in [0.29, 0.717) is 12.1 Å². The Kier molecular flexibility index (Phi) is 4.99. The van der Waals surface area contributed by atoms with Gasteiger partial charge in [0.1, 0.15) is 11.9 Å². The predicted molar refractivity (Wildman–Crippen MR) is 97.5 cm³/mol. The molecular formula is C19H27N5O. The van der Waals surface area contributed by atoms with Gasteiger partial charge in [0.15, 0.2) is 0 Å². The van der Waals surface area contributed by atoms with E-state index in [1.54, 1.807) is 0 Å². The lowest BCUT2D eigenvalue weighted by Crippen LogP contribution is -2.50. The molecule has 0 spiro atoms. The molecule has 4 heterocycles. The second-order valence-electron chi connectivity index (χ2n) is 7.07. The molecule has 2 atom stereocenters. The number of rotatable bonds is 4. The first kappa shape index (κ1) is 16.5. The van der Waals surface area contributed by atoms with Gasteiger partial charge in [-0.1, -0.05) is 0 Å². The van der Waals surface area contributed by atoms with E-state index < -0.39 is 0 Å². The van der Waals surface area contributed by atoms with Gasteiger partial charge >= 0.3 is 0 Å². The van der Waals surface area contributed by atoms with E-state index in [-0.39, 0.29) is 6.10 Å². The molecule has 6 nitrogen and oxygen atoms in total. The van der Waals surface area contributed by atoms with Crippen LogP contribution >= 0.6 is 0 Å². The lowest BCUT2D eigenvalue weighted by atomic mass is 9.97. The first-order valence-corrected chi connectivity index (χ1v) is 9.31. The third kappa shape index (κ3) is 3.70. The van der Waals surface area contributed by atoms with Gasteiger partial charge in [-0.15, -0.1) is 0 Å². The first-order chi connectivity index (χ1) is 12.3. The molecule has 0 saturated carbocycles. The van der Waals surface area contributed by atoms with Gasteiger partial charge in [-0.2, -0.15) is 0 Å². The average Bonchev–Trinajstić information content (AvgIpc) is 3.09. The van der Waals surface area contributed by atoms with Crippen molar-refractivity contribution in [3.05, 3.63) is 42.7 Å². The highest BCUT2D eigenvalue weighted by Gasteiger charge is 2.32. The third-order valence-corrected chi connectivity index (χ3v) is 5.41. The molecule has 0 aliphatic carbocycles. The molecule has 1 N–H and O–H groups in total. The van der Waals surface area contributed by atoms with E-state index in [0.717, 1.165) is 51.2 Å². The van der Waals surface area contributed by atoms with Crippen LogP contribution in [-0.2, 0) is 11.8 Å². The maximum absolute atomic E-state index is 6.08. The van der Waals surface area contributed by atoms with Crippen molar-refractivity contribution in [1.82, 2.24) is 19.9 Å². The second kappa shape index (κ2) is 7.54. The zero-order valence-electron chi connectivity index (χ0n) is 14.8. The van der Waals surface area contributed by atoms with Crippen LogP contribution in [-0.4, -0.2) is 46.3 Å². The topological polar surface area (TPSA) is 55.2 Å². The zero-order valence-corrected chi connectivity index (χ0v) is 14.8. The number of nitrogens with zero attached hydrogens (tertiary/aromatic N) is 4. The number of nitrogens with one attached hydrogen (secondary N) is 1. The molecule has 0 aromatic carbocycles. The monoisotopic (exact) mass is 341 g/mol. The zero-order chi connectivity index (χ0) is 17.1. The molecular weight excluding hydrogens is 314 g/mol. The van der Waals surface area contributed by atoms with Crippen LogP contribution < -0.4 is 10.2 Å². The molecule has 0 amide bonds. The van der Waals surface area contributed by atoms with Crippen LogP contribution in [0.25, 0.3) is 0 Å². The first-order valence-electron chi connectivity index (χ1n) is 9.31. The third-order valence-electron chi connectivity index (χ3n) is 5.41. The van der Waals surface area contributed by atoms with Crippen molar-refractivity contribution in [3.8, 4) is 0 Å². The van der Waals surface area contributed by atoms with E-state index in [9.17, 15) is 0 Å². The van der Waals surface area contributed by atoms with Gasteiger partial charge < -0.3 is 19.5 Å². The fourth-order valence-electron chi connectivity index (χ4n) is 4.02. The van der Waals surface area contributed by atoms with Gasteiger partial charge in [-0.25, -0.2) is 4.98 Å². The number of piperidine rings is 1. The molecule has 0 radical (unpaired) electrons. The van der Waals surface area contributed by atoms with Crippen molar-refractivity contribution in [1.29, 1.82) is 0 Å². The fraction of sp³-hybridized carbons (Fsp3) is 0.579. The van der Waals surface area contributed by atoms with Gasteiger partial charge in [-0.3, -0.25) is 4.98 Å². The number of aryl methyl sites for hydroxylation is 1. The van der Waals surface area contributed by atoms with Crippen molar-refractivity contribution in [3.63, 3.8) is 0 Å². The van der Waals surface area contributed by atoms with Gasteiger partial charge in [0.25, 0.3) is 0 Å². The van der Waals surface area contributed by atoms with E-state index in [2.05, 4.69) is 36.9 Å². The Morgan fingerprint density at radius 1 is 1.12 bits per heavy atom. The molecule has 2 fully saturated rings. The van der Waals surface area contributed by atoms with Crippen LogP contribution in [0, 0.1) is 0 Å². The molecule has 2 aromatic rings. The summed E-state index contributed by atoms with van der Waals surface area (Å²) in [5.74, 6) is 1.03. The molecule has 25 heavy (non-hydrogen) atoms. The molecule has 134 valence electrons. The Hall–Kier alpha value is -1.92. The highest BCUT2D eigenvalue weighted by molar-refractivity contribution is 5.44. The smallest absolute Gasteiger partial charge is 0.139 e. The van der Waals surface area contributed by atoms with Gasteiger partial charge in [0.05, 0.1) is 0 Å². The molecule has 2 saturated heterocycles. The van der Waals surface area contributed by atoms with Crippen LogP contribution in [0.5, 0.6) is 0 Å². The van der Waals surface area contributed by atoms with E-state index in [4.69, 9.17) is 4.74 Å². The minimum Gasteiger partial charge on any atom is -0.371 e. The maximum atomic E-state index is 6.08. The predicted octanol–water partition coefficient (Wildman–Crippen LogP) is 2.29. The summed E-state index contributed by atoms with van der Waals surface area (Å²) in [5, 5.41) is 3.88. The minimum absolute atomic E-state index is 0.0620. The SMILES string of the molecule is Cn1ccnc1[C@H]1OCCC[C@@H]1NC1CCN(c2ccncc2)CC1. The Balaban J connectivity index is 1.36. The quantitative estimate of drug-likeness (QED) is 0.925. The molecule has 2 aromatic heterocycles. The van der Waals surface area contributed by atoms with Gasteiger partial charge in [0.2, 0.25) is 0 Å². The van der Waals surface area contributed by atoms with Crippen LogP contribution in [0.15, 0.2) is 36.9 Å². The van der Waals surface area contributed by atoms with E-state index in [1.807, 2.05) is 31.8 Å². The Morgan fingerprint density at radius 3 is 2.64 bits per heavy atom. The summed E-state index contributed by atoms with van der Waals surface area (Å²) in [6.45, 7) is 3.00. The highest BCUT2D eigenvalue weighted by Crippen LogP contribution is 2.29. The number of hydrogen-bond donors (Lipinski definition) is 1. The minimum atomic E-state index is 0.0620. The van der Waals surface area contributed by atoms with Crippen LogP contribution in [0.3, 0.4) is 0 Å². The number of aromatic nitrogens is 3. The standard InChI is InChI=1S/C19H27N5O/c1-23-13-10-21-19(23)18-17(3-2-14-25-18)22-15-6-11-24(12-7-15)16-4-8-20-9-5-16/h4-5,8-10,13,15,17-18,22H,2-3,6-7,11-12,14H2,1H3/t17-,18-/m0/s1. The lowest BCUT2D eigenvalue weighted by Gasteiger charge is -2.39. The molecule has 6 heteroatoms. The molecule has 0 bridgehead atoms. The van der Waals surface area contributed by atoms with Gasteiger partial charge in [0, 0.05) is 69.3 Å². The number of pyridine rings is 1. The fourth-order valence-corrected chi connectivity index (χ4v) is 4.02. The summed E-state index contributed by atoms with van der Waals surface area (Å²) in [6.07, 6.45) is 12.3. The van der Waals surface area contributed by atoms with Crippen LogP contribution in [0.1, 0.15) is 37.6 Å². The summed E-state index contributed by atoms with van der Waals surface area (Å²) < 4.78 is 8.16. The molecule has 2 aliphatic heterocycles. The van der Waals surface area contributed by atoms with Crippen molar-refractivity contribution < 1.29 is 4.74 Å². The summed E-state index contributed by atoms with van der Waals surface area (Å²) in [7, 11) is 2.05. The van der Waals surface area contributed by atoms with Crippen molar-refractivity contribution in [2.24, 2.45) is 7.05 Å². The van der Waals surface area contributed by atoms with Gasteiger partial charge in [-0.05, 0) is 37.8 Å². The number of anilines is 1. The molecule has 4 rings (SSSR count). The second-order valence-corrected chi connectivity index (χ2v) is 7.07. The van der Waals surface area contributed by atoms with Crippen molar-refractivity contribution in [2.75, 3.05) is 24.6 Å². The summed E-state index contributed by atoms with van der Waals surface area (Å²) in [5.41, 5.74) is 1.28. The maximum Gasteiger partial charge on any atom is 0.139 e. The summed E-state index contributed by atoms with van der Waals surface area (Å²) >= 11 is 0. The number of hydrogen-bond acceptors (Lipinski definition) is 5. The lowest BCUT2D eigenvalue weighted by molar-refractivity contribution is -0.0211. The number of imidazole rings is 1. The van der Waals surface area contributed by atoms with E-state index >= 15 is 0 Å². The Bertz CT molecular complexity index is 665. The number of ether oxygens (including phenoxy) is 1. The molecule has 0 unspecified atom stereocenters. The highest BCUT2D eigenvalue weighted by atomic mass is 16.5. The normalized spacial score (nSPS) is 25.2. The van der Waals surface area contributed by atoms with Crippen molar-refractivity contribution in [2.45, 2.75) is 43.9 Å². The summed E-state index contributed by atoms with van der Waals surface area (Å²) in [4.78, 5) is 11.1. The molecule has 2 aliphatic rings.